The maximum atomic E-state index is 4.56. The van der Waals surface area contributed by atoms with Crippen LogP contribution in [0.25, 0.3) is 11.3 Å². The first-order valence-electron chi connectivity index (χ1n) is 5.37. The van der Waals surface area contributed by atoms with Crippen molar-refractivity contribution in [2.45, 2.75) is 13.0 Å². The molecule has 0 saturated carbocycles. The fraction of sp³-hybridized carbons (Fsp3) is 0.364. The second kappa shape index (κ2) is 3.68. The molecule has 0 amide bonds. The number of hydrogen-bond donors (Lipinski definition) is 1. The van der Waals surface area contributed by atoms with Crippen molar-refractivity contribution in [2.24, 2.45) is 7.05 Å². The average molecular weight is 215 g/mol. The van der Waals surface area contributed by atoms with Crippen molar-refractivity contribution in [1.29, 1.82) is 0 Å². The van der Waals surface area contributed by atoms with Gasteiger partial charge in [0.05, 0.1) is 11.4 Å². The molecule has 0 atom stereocenters. The molecule has 2 aromatic rings. The summed E-state index contributed by atoms with van der Waals surface area (Å²) in [5.41, 5.74) is 4.63. The summed E-state index contributed by atoms with van der Waals surface area (Å²) in [7, 11) is 1.99. The topological polar surface area (TPSA) is 55.6 Å². The summed E-state index contributed by atoms with van der Waals surface area (Å²) in [6.45, 7) is 1.91. The molecule has 2 aromatic heterocycles. The predicted octanol–water partition coefficient (Wildman–Crippen LogP) is 0.523. The molecule has 0 spiro atoms. The summed E-state index contributed by atoms with van der Waals surface area (Å²) in [6.07, 6.45) is 6.20. The van der Waals surface area contributed by atoms with Gasteiger partial charge >= 0.3 is 0 Å². The molecule has 0 fully saturated rings. The number of rotatable bonds is 1. The van der Waals surface area contributed by atoms with E-state index < -0.39 is 0 Å². The Balaban J connectivity index is 2.15. The molecule has 1 N–H and O–H groups in total. The van der Waals surface area contributed by atoms with Gasteiger partial charge in [-0.1, -0.05) is 0 Å². The Labute approximate surface area is 93.5 Å². The van der Waals surface area contributed by atoms with Crippen LogP contribution in [0.1, 0.15) is 11.3 Å². The van der Waals surface area contributed by atoms with Crippen LogP contribution >= 0.6 is 0 Å². The van der Waals surface area contributed by atoms with Crippen LogP contribution in [0.3, 0.4) is 0 Å². The Morgan fingerprint density at radius 1 is 1.31 bits per heavy atom. The average Bonchev–Trinajstić information content (AvgIpc) is 2.69. The van der Waals surface area contributed by atoms with E-state index in [-0.39, 0.29) is 0 Å². The van der Waals surface area contributed by atoms with Crippen molar-refractivity contribution < 1.29 is 0 Å². The molecule has 0 aromatic carbocycles. The third kappa shape index (κ3) is 1.40. The highest BCUT2D eigenvalue weighted by molar-refractivity contribution is 5.62. The number of fused-ring (bicyclic) bond motifs is 1. The van der Waals surface area contributed by atoms with Gasteiger partial charge in [0.2, 0.25) is 0 Å². The molecule has 1 aliphatic heterocycles. The molecule has 82 valence electrons. The molecule has 3 heterocycles. The third-order valence-corrected chi connectivity index (χ3v) is 2.95. The summed E-state index contributed by atoms with van der Waals surface area (Å²) >= 11 is 0. The maximum absolute atomic E-state index is 4.56. The first-order chi connectivity index (χ1) is 7.86. The van der Waals surface area contributed by atoms with Crippen LogP contribution in [0, 0.1) is 0 Å². The second-order valence-corrected chi connectivity index (χ2v) is 3.95. The minimum atomic E-state index is 0.895. The minimum absolute atomic E-state index is 0.895. The van der Waals surface area contributed by atoms with E-state index in [0.29, 0.717) is 0 Å². The zero-order valence-corrected chi connectivity index (χ0v) is 9.14. The van der Waals surface area contributed by atoms with Crippen LogP contribution < -0.4 is 5.32 Å². The van der Waals surface area contributed by atoms with Crippen LogP contribution in [0.4, 0.5) is 0 Å². The summed E-state index contributed by atoms with van der Waals surface area (Å²) < 4.78 is 1.95. The number of aromatic nitrogens is 4. The third-order valence-electron chi connectivity index (χ3n) is 2.95. The van der Waals surface area contributed by atoms with E-state index in [1.807, 2.05) is 24.1 Å². The molecule has 3 rings (SSSR count). The molecule has 5 heteroatoms. The normalized spacial score (nSPS) is 14.8. The molecule has 0 saturated heterocycles. The van der Waals surface area contributed by atoms with Crippen molar-refractivity contribution in [3.05, 3.63) is 30.0 Å². The van der Waals surface area contributed by atoms with Crippen molar-refractivity contribution in [3.8, 4) is 11.3 Å². The molecule has 16 heavy (non-hydrogen) atoms. The Bertz CT molecular complexity index is 503. The van der Waals surface area contributed by atoms with Gasteiger partial charge in [-0.25, -0.2) is 9.97 Å². The van der Waals surface area contributed by atoms with Crippen LogP contribution in [-0.2, 0) is 20.0 Å². The molecule has 1 aliphatic rings. The van der Waals surface area contributed by atoms with Gasteiger partial charge < -0.3 is 5.32 Å². The van der Waals surface area contributed by atoms with Crippen molar-refractivity contribution in [3.63, 3.8) is 0 Å². The van der Waals surface area contributed by atoms with E-state index in [0.717, 1.165) is 30.8 Å². The molecular formula is C11H13N5. The van der Waals surface area contributed by atoms with E-state index in [9.17, 15) is 0 Å². The summed E-state index contributed by atoms with van der Waals surface area (Å²) in [5.74, 6) is 0. The van der Waals surface area contributed by atoms with Crippen LogP contribution in [0.15, 0.2) is 18.7 Å². The highest BCUT2D eigenvalue weighted by atomic mass is 15.3. The van der Waals surface area contributed by atoms with Gasteiger partial charge in [-0.2, -0.15) is 5.10 Å². The van der Waals surface area contributed by atoms with Gasteiger partial charge in [0.15, 0.2) is 0 Å². The molecule has 0 bridgehead atoms. The van der Waals surface area contributed by atoms with Gasteiger partial charge in [-0.15, -0.1) is 0 Å². The lowest BCUT2D eigenvalue weighted by molar-refractivity contribution is 0.593. The zero-order chi connectivity index (χ0) is 11.0. The first kappa shape index (κ1) is 9.47. The second-order valence-electron chi connectivity index (χ2n) is 3.95. The van der Waals surface area contributed by atoms with E-state index in [2.05, 4.69) is 20.4 Å². The lowest BCUT2D eigenvalue weighted by Gasteiger charge is -2.14. The minimum Gasteiger partial charge on any atom is -0.311 e. The zero-order valence-electron chi connectivity index (χ0n) is 9.14. The van der Waals surface area contributed by atoms with Crippen LogP contribution in [-0.4, -0.2) is 26.3 Å². The largest absolute Gasteiger partial charge is 0.311 e. The van der Waals surface area contributed by atoms with Gasteiger partial charge in [-0.05, 0) is 13.0 Å². The molecule has 5 nitrogen and oxygen atoms in total. The fourth-order valence-corrected chi connectivity index (χ4v) is 2.16. The number of nitrogens with zero attached hydrogens (tertiary/aromatic N) is 4. The van der Waals surface area contributed by atoms with Crippen molar-refractivity contribution in [1.82, 2.24) is 25.1 Å². The molecular weight excluding hydrogens is 202 g/mol. The Morgan fingerprint density at radius 2 is 2.12 bits per heavy atom. The summed E-state index contributed by atoms with van der Waals surface area (Å²) in [4.78, 5) is 8.09. The quantitative estimate of drug-likeness (QED) is 0.753. The highest BCUT2D eigenvalue weighted by Gasteiger charge is 2.19. The van der Waals surface area contributed by atoms with E-state index in [4.69, 9.17) is 0 Å². The number of aryl methyl sites for hydroxylation is 1. The van der Waals surface area contributed by atoms with Crippen LogP contribution in [0.2, 0.25) is 0 Å². The summed E-state index contributed by atoms with van der Waals surface area (Å²) in [6, 6.07) is 0. The first-order valence-corrected chi connectivity index (χ1v) is 5.37. The number of nitrogens with one attached hydrogen (secondary N) is 1. The van der Waals surface area contributed by atoms with E-state index in [1.165, 1.54) is 11.3 Å². The Hall–Kier alpha value is -1.75. The van der Waals surface area contributed by atoms with Gasteiger partial charge in [0.1, 0.15) is 6.33 Å². The van der Waals surface area contributed by atoms with Gasteiger partial charge in [0, 0.05) is 37.1 Å². The highest BCUT2D eigenvalue weighted by Crippen LogP contribution is 2.25. The molecule has 0 unspecified atom stereocenters. The van der Waals surface area contributed by atoms with E-state index >= 15 is 0 Å². The Kier molecular flexibility index (Phi) is 2.18. The predicted molar refractivity (Wildman–Crippen MR) is 59.6 cm³/mol. The van der Waals surface area contributed by atoms with Crippen LogP contribution in [0.5, 0.6) is 0 Å². The van der Waals surface area contributed by atoms with Gasteiger partial charge in [-0.3, -0.25) is 4.68 Å². The smallest absolute Gasteiger partial charge is 0.115 e. The van der Waals surface area contributed by atoms with Crippen molar-refractivity contribution >= 4 is 0 Å². The lowest BCUT2D eigenvalue weighted by Crippen LogP contribution is -2.24. The fourth-order valence-electron chi connectivity index (χ4n) is 2.16. The maximum Gasteiger partial charge on any atom is 0.115 e. The van der Waals surface area contributed by atoms with Gasteiger partial charge in [0.25, 0.3) is 0 Å². The standard InChI is InChI=1S/C11H13N5/c1-16-10-6-12-3-2-9(10)11(15-16)8-4-13-7-14-5-8/h4-5,7,12H,2-3,6H2,1H3. The van der Waals surface area contributed by atoms with Crippen molar-refractivity contribution in [2.75, 3.05) is 6.54 Å². The summed E-state index contributed by atoms with van der Waals surface area (Å²) in [5, 5.41) is 7.91. The van der Waals surface area contributed by atoms with E-state index in [1.54, 1.807) is 6.33 Å². The lowest BCUT2D eigenvalue weighted by atomic mass is 10.0. The SMILES string of the molecule is Cn1nc(-c2cncnc2)c2c1CNCC2. The Morgan fingerprint density at radius 3 is 2.94 bits per heavy atom. The molecule has 0 radical (unpaired) electrons. The molecule has 0 aliphatic carbocycles. The monoisotopic (exact) mass is 215 g/mol. The number of hydrogen-bond acceptors (Lipinski definition) is 4.